The largest absolute Gasteiger partial charge is 0.387 e. The normalized spacial score (nSPS) is 60.7. The van der Waals surface area contributed by atoms with Crippen LogP contribution in [0.3, 0.4) is 0 Å². The van der Waals surface area contributed by atoms with E-state index in [2.05, 4.69) is 31.7 Å². The molecule has 0 aromatic heterocycles. The third-order valence-corrected chi connectivity index (χ3v) is 10.6. The molecule has 4 aliphatic carbocycles. The van der Waals surface area contributed by atoms with Gasteiger partial charge in [-0.05, 0) is 74.0 Å². The van der Waals surface area contributed by atoms with Crippen molar-refractivity contribution in [2.24, 2.45) is 34.5 Å². The Morgan fingerprint density at radius 3 is 2.78 bits per heavy atom. The van der Waals surface area contributed by atoms with Gasteiger partial charge >= 0.3 is 0 Å². The molecule has 4 fully saturated rings. The number of aliphatic hydroxyl groups excluding tert-OH is 1. The average molecular weight is 353 g/mol. The minimum atomic E-state index is -0.427. The Morgan fingerprint density at radius 2 is 1.96 bits per heavy atom. The Morgan fingerprint density at radius 1 is 1.13 bits per heavy atom. The second-order valence-electron chi connectivity index (χ2n) is 9.58. The van der Waals surface area contributed by atoms with E-state index in [9.17, 15) is 5.11 Å². The van der Waals surface area contributed by atoms with Crippen LogP contribution in [-0.4, -0.2) is 21.7 Å². The molecular weight excluding hydrogens is 324 g/mol. The van der Waals surface area contributed by atoms with Gasteiger partial charge in [0.1, 0.15) is 0 Å². The van der Waals surface area contributed by atoms with Crippen molar-refractivity contribution in [2.75, 3.05) is 0 Å². The van der Waals surface area contributed by atoms with Crippen LogP contribution in [-0.2, 0) is 0 Å². The quantitative estimate of drug-likeness (QED) is 0.603. The molecule has 5 rings (SSSR count). The number of fused-ring (bicyclic) bond motifs is 6. The summed E-state index contributed by atoms with van der Waals surface area (Å²) in [6.45, 7) is 4.95. The van der Waals surface area contributed by atoms with E-state index >= 15 is 0 Å². The first-order valence-electron chi connectivity index (χ1n) is 9.62. The Labute approximate surface area is 149 Å². The van der Waals surface area contributed by atoms with Crippen LogP contribution in [0.25, 0.3) is 0 Å². The maximum Gasteiger partial charge on any atom is 0.0948 e. The lowest BCUT2D eigenvalue weighted by atomic mass is 9.43. The van der Waals surface area contributed by atoms with E-state index in [1.807, 2.05) is 0 Å². The van der Waals surface area contributed by atoms with Gasteiger partial charge in [0.15, 0.2) is 0 Å². The summed E-state index contributed by atoms with van der Waals surface area (Å²) in [6, 6.07) is 0. The van der Waals surface area contributed by atoms with Crippen molar-refractivity contribution in [3.63, 3.8) is 0 Å². The fourth-order valence-corrected chi connectivity index (χ4v) is 9.02. The first kappa shape index (κ1) is 15.6. The highest BCUT2D eigenvalue weighted by Crippen LogP contribution is 2.69. The van der Waals surface area contributed by atoms with E-state index in [1.54, 1.807) is 0 Å². The van der Waals surface area contributed by atoms with Crippen molar-refractivity contribution >= 4 is 23.4 Å². The van der Waals surface area contributed by atoms with Crippen molar-refractivity contribution < 1.29 is 5.11 Å². The standard InChI is InChI=1S/C20H29ClOS/c1-19-8-7-14-12(13(19)5-6-15(21)18(19)22)4-3-11-9-16-17(23-16)10-20(11,14)2/h6,11-14,16-18,22H,3-5,7-10H2,1-2H3/t11-,12-,13-,14-,16-,17+,18-,19-,20-/m0/s1. The molecule has 0 unspecified atom stereocenters. The average Bonchev–Trinajstić information content (AvgIpc) is 3.26. The summed E-state index contributed by atoms with van der Waals surface area (Å²) in [7, 11) is 0. The molecule has 23 heavy (non-hydrogen) atoms. The zero-order valence-electron chi connectivity index (χ0n) is 14.3. The Kier molecular flexibility index (Phi) is 3.35. The Balaban J connectivity index is 1.48. The van der Waals surface area contributed by atoms with Crippen molar-refractivity contribution in [1.82, 2.24) is 0 Å². The molecule has 3 saturated carbocycles. The summed E-state index contributed by atoms with van der Waals surface area (Å²) in [5, 5.41) is 13.5. The number of thioether (sulfide) groups is 1. The fourth-order valence-electron chi connectivity index (χ4n) is 7.32. The van der Waals surface area contributed by atoms with E-state index in [1.165, 1.54) is 32.1 Å². The van der Waals surface area contributed by atoms with Crippen molar-refractivity contribution in [3.05, 3.63) is 11.1 Å². The molecule has 3 heteroatoms. The number of halogens is 1. The van der Waals surface area contributed by atoms with Gasteiger partial charge in [-0.3, -0.25) is 0 Å². The number of rotatable bonds is 0. The highest BCUT2D eigenvalue weighted by molar-refractivity contribution is 8.07. The molecular formula is C20H29ClOS. The van der Waals surface area contributed by atoms with E-state index in [-0.39, 0.29) is 5.41 Å². The van der Waals surface area contributed by atoms with Crippen LogP contribution >= 0.6 is 23.4 Å². The second-order valence-corrected chi connectivity index (χ2v) is 11.5. The molecule has 0 bridgehead atoms. The van der Waals surface area contributed by atoms with Gasteiger partial charge in [0, 0.05) is 20.9 Å². The highest BCUT2D eigenvalue weighted by Gasteiger charge is 2.62. The highest BCUT2D eigenvalue weighted by atomic mass is 35.5. The third kappa shape index (κ3) is 2.04. The van der Waals surface area contributed by atoms with Crippen LogP contribution in [0.15, 0.2) is 11.1 Å². The maximum absolute atomic E-state index is 10.8. The molecule has 9 atom stereocenters. The van der Waals surface area contributed by atoms with Crippen molar-refractivity contribution in [3.8, 4) is 0 Å². The lowest BCUT2D eigenvalue weighted by Gasteiger charge is -2.62. The van der Waals surface area contributed by atoms with E-state index in [0.717, 1.165) is 41.1 Å². The number of aliphatic hydroxyl groups is 1. The molecule has 1 heterocycles. The minimum Gasteiger partial charge on any atom is -0.387 e. The summed E-state index contributed by atoms with van der Waals surface area (Å²) >= 11 is 8.58. The molecule has 1 nitrogen and oxygen atoms in total. The molecule has 5 aliphatic rings. The smallest absolute Gasteiger partial charge is 0.0948 e. The molecule has 1 saturated heterocycles. The van der Waals surface area contributed by atoms with Gasteiger partial charge in [-0.25, -0.2) is 0 Å². The molecule has 1 N–H and O–H groups in total. The first-order valence-corrected chi connectivity index (χ1v) is 10.9. The third-order valence-electron chi connectivity index (χ3n) is 8.80. The zero-order chi connectivity index (χ0) is 16.0. The van der Waals surface area contributed by atoms with Gasteiger partial charge in [-0.2, -0.15) is 11.8 Å². The molecule has 0 amide bonds. The lowest BCUT2D eigenvalue weighted by molar-refractivity contribution is -0.134. The SMILES string of the molecule is C[C@]12C[C@H]3S[C@H]3C[C@@H]1CC[C@@H]1[C@@H]2CC[C@]2(C)[C@@H](O)C(Cl)=CC[C@@H]12. The van der Waals surface area contributed by atoms with Gasteiger partial charge in [-0.1, -0.05) is 31.5 Å². The van der Waals surface area contributed by atoms with Crippen LogP contribution < -0.4 is 0 Å². The summed E-state index contributed by atoms with van der Waals surface area (Å²) < 4.78 is 0. The monoisotopic (exact) mass is 352 g/mol. The van der Waals surface area contributed by atoms with E-state index < -0.39 is 6.10 Å². The lowest BCUT2D eigenvalue weighted by Crippen LogP contribution is -2.57. The number of allylic oxidation sites excluding steroid dienone is 1. The van der Waals surface area contributed by atoms with Crippen LogP contribution in [0.4, 0.5) is 0 Å². The topological polar surface area (TPSA) is 20.2 Å². The van der Waals surface area contributed by atoms with Crippen molar-refractivity contribution in [1.29, 1.82) is 0 Å². The Hall–Kier alpha value is 0.340. The summed E-state index contributed by atoms with van der Waals surface area (Å²) in [4.78, 5) is 0. The van der Waals surface area contributed by atoms with Gasteiger partial charge in [0.05, 0.1) is 6.10 Å². The number of hydrogen-bond donors (Lipinski definition) is 1. The van der Waals surface area contributed by atoms with Crippen molar-refractivity contribution in [2.45, 2.75) is 75.4 Å². The van der Waals surface area contributed by atoms with Crippen LogP contribution in [0.2, 0.25) is 0 Å². The molecule has 0 aromatic carbocycles. The van der Waals surface area contributed by atoms with Gasteiger partial charge in [0.2, 0.25) is 0 Å². The van der Waals surface area contributed by atoms with Crippen LogP contribution in [0.5, 0.6) is 0 Å². The molecule has 1 aliphatic heterocycles. The molecule has 0 spiro atoms. The fraction of sp³-hybridized carbons (Fsp3) is 0.900. The zero-order valence-corrected chi connectivity index (χ0v) is 15.9. The van der Waals surface area contributed by atoms with Gasteiger partial charge < -0.3 is 5.11 Å². The summed E-state index contributed by atoms with van der Waals surface area (Å²) in [5.41, 5.74) is 0.590. The van der Waals surface area contributed by atoms with Gasteiger partial charge in [0.25, 0.3) is 0 Å². The molecule has 128 valence electrons. The Bertz CT molecular complexity index is 562. The minimum absolute atomic E-state index is 0.0156. The molecule has 0 aromatic rings. The first-order chi connectivity index (χ1) is 10.9. The second kappa shape index (κ2) is 4.95. The predicted molar refractivity (Wildman–Crippen MR) is 97.6 cm³/mol. The van der Waals surface area contributed by atoms with E-state index in [4.69, 9.17) is 11.6 Å². The van der Waals surface area contributed by atoms with E-state index in [0.29, 0.717) is 16.4 Å². The summed E-state index contributed by atoms with van der Waals surface area (Å²) in [5.74, 6) is 3.31. The maximum atomic E-state index is 10.8. The molecule has 0 radical (unpaired) electrons. The van der Waals surface area contributed by atoms with Crippen LogP contribution in [0, 0.1) is 34.5 Å². The van der Waals surface area contributed by atoms with Gasteiger partial charge in [-0.15, -0.1) is 0 Å². The number of hydrogen-bond acceptors (Lipinski definition) is 2. The predicted octanol–water partition coefficient (Wildman–Crippen LogP) is 5.22. The summed E-state index contributed by atoms with van der Waals surface area (Å²) in [6.07, 6.45) is 11.1. The van der Waals surface area contributed by atoms with Crippen LogP contribution in [0.1, 0.15) is 58.8 Å².